The predicted molar refractivity (Wildman–Crippen MR) is 41.4 cm³/mol. The van der Waals surface area contributed by atoms with Gasteiger partial charge in [-0.15, -0.1) is 0 Å². The Hall–Kier alpha value is 1.98. The normalized spacial score (nSPS) is 0. The summed E-state index contributed by atoms with van der Waals surface area (Å²) < 4.78 is 0. The molecule has 0 bridgehead atoms. The molecule has 0 fully saturated rings. The van der Waals surface area contributed by atoms with Crippen LogP contribution >= 0.6 is 0 Å². The van der Waals surface area contributed by atoms with Crippen molar-refractivity contribution in [2.75, 3.05) is 0 Å². The molecular weight excluding hydrogens is 397 g/mol. The van der Waals surface area contributed by atoms with Crippen LogP contribution in [0.5, 0.6) is 0 Å². The van der Waals surface area contributed by atoms with Gasteiger partial charge in [-0.3, -0.25) is 0 Å². The van der Waals surface area contributed by atoms with E-state index < -0.39 is 0 Å². The monoisotopic (exact) mass is 398 g/mol. The van der Waals surface area contributed by atoms with Crippen molar-refractivity contribution in [2.24, 2.45) is 0 Å². The molecular formula is B5MgO10Tb-15. The first kappa shape index (κ1) is 1570. The van der Waals surface area contributed by atoms with Gasteiger partial charge < -0.3 is 54.8 Å². The molecule has 0 rings (SSSR count). The minimum Gasteiger partial charge on any atom is -2.00 e. The van der Waals surface area contributed by atoms with E-state index in [0.717, 1.165) is 0 Å². The fourth-order valence-electron chi connectivity index (χ4n) is 0. The Morgan fingerprint density at radius 1 is 0.235 bits per heavy atom. The van der Waals surface area contributed by atoms with Crippen molar-refractivity contribution in [3.63, 3.8) is 0 Å². The standard InChI is InChI=1S/5B.Mg.10O.Tb/q;;;;;+2;10*-2;+3. The van der Waals surface area contributed by atoms with Gasteiger partial charge in [0.25, 0.3) is 0 Å². The molecule has 0 amide bonds. The van der Waals surface area contributed by atoms with E-state index in [1.807, 2.05) is 0 Å². The largest absolute Gasteiger partial charge is 3.00 e. The van der Waals surface area contributed by atoms with Gasteiger partial charge >= 0.3 is 61.7 Å². The molecule has 0 saturated heterocycles. The van der Waals surface area contributed by atoms with E-state index >= 15 is 0 Å². The minimum atomic E-state index is 0. The van der Waals surface area contributed by atoms with Crippen molar-refractivity contribution in [2.45, 2.75) is 0 Å². The van der Waals surface area contributed by atoms with Crippen molar-refractivity contribution in [3.05, 3.63) is 0 Å². The number of hydrogen-bond donors (Lipinski definition) is 0. The first-order chi connectivity index (χ1) is 0. The van der Waals surface area contributed by atoms with Crippen molar-refractivity contribution in [1.82, 2.24) is 0 Å². The van der Waals surface area contributed by atoms with Crippen LogP contribution in [0.25, 0.3) is 0 Å². The Balaban J connectivity index is 0. The Labute approximate surface area is 157 Å². The molecule has 0 atom stereocenters. The van der Waals surface area contributed by atoms with Crippen LogP contribution in [0.15, 0.2) is 0 Å². The average Bonchev–Trinajstić information content (AvgIpc) is 0. The molecule has 0 aromatic rings. The van der Waals surface area contributed by atoms with Gasteiger partial charge in [0.1, 0.15) is 0 Å². The molecule has 0 aromatic heterocycles. The van der Waals surface area contributed by atoms with Gasteiger partial charge in [0.2, 0.25) is 0 Å². The van der Waals surface area contributed by atoms with Crippen LogP contribution in [0, 0.1) is 38.6 Å². The van der Waals surface area contributed by atoms with Crippen molar-refractivity contribution in [3.8, 4) is 0 Å². The van der Waals surface area contributed by atoms with E-state index in [1.54, 1.807) is 0 Å². The van der Waals surface area contributed by atoms with Crippen LogP contribution < -0.4 is 0 Å². The maximum atomic E-state index is 0. The van der Waals surface area contributed by atoms with Gasteiger partial charge in [0, 0.05) is 42.1 Å². The summed E-state index contributed by atoms with van der Waals surface area (Å²) in [5.74, 6) is 0. The Kier molecular flexibility index (Phi) is 122000. The minimum absolute atomic E-state index is 0. The van der Waals surface area contributed by atoms with Gasteiger partial charge in [-0.25, -0.2) is 0 Å². The van der Waals surface area contributed by atoms with Gasteiger partial charge in [-0.2, -0.15) is 0 Å². The Bertz CT molecular complexity index is 24.7. The molecule has 0 unspecified atom stereocenters. The van der Waals surface area contributed by atoms with Gasteiger partial charge in [-0.05, 0) is 0 Å². The van der Waals surface area contributed by atoms with E-state index in [-0.39, 0.29) is 158 Å². The molecule has 17 heteroatoms. The fourth-order valence-corrected chi connectivity index (χ4v) is 0. The molecule has 101 valence electrons. The second-order valence-electron chi connectivity index (χ2n) is 0. The number of rotatable bonds is 0. The molecule has 0 aliphatic heterocycles. The summed E-state index contributed by atoms with van der Waals surface area (Å²) in [5, 5.41) is 0. The van der Waals surface area contributed by atoms with Crippen LogP contribution in [-0.4, -0.2) is 65.1 Å². The van der Waals surface area contributed by atoms with Gasteiger partial charge in [0.05, 0.1) is 0 Å². The molecule has 0 aliphatic carbocycles. The van der Waals surface area contributed by atoms with Crippen LogP contribution in [-0.2, 0) is 54.8 Å². The van der Waals surface area contributed by atoms with E-state index in [4.69, 9.17) is 0 Å². The van der Waals surface area contributed by atoms with Crippen LogP contribution in [0.4, 0.5) is 0 Å². The molecule has 17 heavy (non-hydrogen) atoms. The topological polar surface area (TPSA) is 285 Å². The zero-order valence-electron chi connectivity index (χ0n) is 8.01. The zero-order chi connectivity index (χ0) is 0. The van der Waals surface area contributed by atoms with Crippen LogP contribution in [0.1, 0.15) is 0 Å². The second-order valence-corrected chi connectivity index (χ2v) is 0. The quantitative estimate of drug-likeness (QED) is 0.360. The third-order valence-electron chi connectivity index (χ3n) is 0. The molecule has 0 saturated carbocycles. The Morgan fingerprint density at radius 2 is 0.235 bits per heavy atom. The molecule has 0 heterocycles. The van der Waals surface area contributed by atoms with Crippen molar-refractivity contribution in [1.29, 1.82) is 0 Å². The van der Waals surface area contributed by atoms with E-state index in [0.29, 0.717) is 0 Å². The maximum absolute atomic E-state index is 0. The Morgan fingerprint density at radius 3 is 0.235 bits per heavy atom. The summed E-state index contributed by atoms with van der Waals surface area (Å²) in [6, 6.07) is 0. The summed E-state index contributed by atoms with van der Waals surface area (Å²) in [4.78, 5) is 0. The summed E-state index contributed by atoms with van der Waals surface area (Å²) in [5.41, 5.74) is 0. The first-order valence-electron chi connectivity index (χ1n) is 0. The van der Waals surface area contributed by atoms with Crippen molar-refractivity contribution < 1.29 is 93.4 Å². The summed E-state index contributed by atoms with van der Waals surface area (Å²) in [6.07, 6.45) is 0. The van der Waals surface area contributed by atoms with Crippen LogP contribution in [0.2, 0.25) is 0 Å². The number of hydrogen-bond acceptors (Lipinski definition) is 0. The van der Waals surface area contributed by atoms with Gasteiger partial charge in [-0.1, -0.05) is 0 Å². The average molecular weight is 397 g/mol. The van der Waals surface area contributed by atoms with E-state index in [2.05, 4.69) is 0 Å². The smallest absolute Gasteiger partial charge is 2.00 e. The summed E-state index contributed by atoms with van der Waals surface area (Å²) in [7, 11) is 0. The molecule has 0 N–H and O–H groups in total. The van der Waals surface area contributed by atoms with Crippen molar-refractivity contribution >= 4 is 65.1 Å². The summed E-state index contributed by atoms with van der Waals surface area (Å²) >= 11 is 0. The second kappa shape index (κ2) is 1330. The van der Waals surface area contributed by atoms with Gasteiger partial charge in [0.15, 0.2) is 0 Å². The molecule has 10 nitrogen and oxygen atoms in total. The zero-order valence-corrected chi connectivity index (χ0v) is 11.6. The van der Waals surface area contributed by atoms with E-state index in [1.165, 1.54) is 0 Å². The molecule has 0 aliphatic rings. The molecule has 0 aromatic carbocycles. The van der Waals surface area contributed by atoms with Crippen LogP contribution in [0.3, 0.4) is 0 Å². The summed E-state index contributed by atoms with van der Waals surface area (Å²) in [6.45, 7) is 0. The third kappa shape index (κ3) is 1170. The SMILES string of the molecule is [B].[B].[B].[B].[B].[Mg+2].[O-2].[O-2].[O-2].[O-2].[O-2].[O-2].[O-2].[O-2].[O-2].[O-2].[Tb+3]. The first-order valence-corrected chi connectivity index (χ1v) is 0. The molecule has 15 radical (unpaired) electrons. The molecule has 0 spiro atoms. The predicted octanol–water partition coefficient (Wildman–Crippen LogP) is -3.47. The maximum Gasteiger partial charge on any atom is 3.00 e. The fraction of sp³-hybridized carbons (Fsp3) is 0. The van der Waals surface area contributed by atoms with E-state index in [9.17, 15) is 0 Å². The third-order valence-corrected chi connectivity index (χ3v) is 0.